The van der Waals surface area contributed by atoms with Gasteiger partial charge in [-0.25, -0.2) is 4.98 Å². The lowest BCUT2D eigenvalue weighted by Crippen LogP contribution is -2.37. The molecule has 1 heterocycles. The molecule has 0 saturated carbocycles. The number of carbonyl (C=O) groups is 2. The number of nitrogens with zero attached hydrogens (tertiary/aromatic N) is 2. The SMILES string of the molecule is CCN(Cc1ccccc1)C[C@@H](NC(=O)c1ccc2nc(NC(=O)c3ccccc3-c3ccc(C(F)(F)F)cc3)ccc2c1)c1ccccc1. The lowest BCUT2D eigenvalue weighted by molar-refractivity contribution is -0.137. The highest BCUT2D eigenvalue weighted by Gasteiger charge is 2.30. The number of carbonyl (C=O) groups excluding carboxylic acids is 2. The van der Waals surface area contributed by atoms with Gasteiger partial charge in [-0.2, -0.15) is 13.2 Å². The Balaban J connectivity index is 1.17. The standard InChI is InChI=1S/C41H35F3N4O2/c1-2-48(26-28-11-5-3-6-12-28)27-37(30-13-7-4-8-14-30)46-39(49)32-19-23-36-31(25-32)20-24-38(45-36)47-40(50)35-16-10-9-15-34(35)29-17-21-33(22-18-29)41(42,43)44/h3-25,37H,2,26-27H2,1H3,(H,46,49)(H,45,47,50)/t37-/m1/s1. The molecule has 2 N–H and O–H groups in total. The lowest BCUT2D eigenvalue weighted by atomic mass is 9.98. The van der Waals surface area contributed by atoms with Gasteiger partial charge in [0.05, 0.1) is 17.1 Å². The van der Waals surface area contributed by atoms with E-state index in [0.29, 0.717) is 40.1 Å². The summed E-state index contributed by atoms with van der Waals surface area (Å²) in [6.45, 7) is 4.31. The first-order valence-electron chi connectivity index (χ1n) is 16.3. The predicted octanol–water partition coefficient (Wildman–Crippen LogP) is 9.17. The van der Waals surface area contributed by atoms with Gasteiger partial charge in [0.25, 0.3) is 11.8 Å². The molecule has 6 rings (SSSR count). The Bertz CT molecular complexity index is 2090. The Labute approximate surface area is 288 Å². The maximum absolute atomic E-state index is 13.6. The average Bonchev–Trinajstić information content (AvgIpc) is 3.14. The molecule has 0 aliphatic carbocycles. The van der Waals surface area contributed by atoms with E-state index in [1.807, 2.05) is 48.5 Å². The number of aromatic nitrogens is 1. The molecule has 0 bridgehead atoms. The highest BCUT2D eigenvalue weighted by Crippen LogP contribution is 2.32. The molecule has 0 aliphatic rings. The van der Waals surface area contributed by atoms with Crippen LogP contribution in [0.15, 0.2) is 140 Å². The summed E-state index contributed by atoms with van der Waals surface area (Å²) in [6.07, 6.45) is -4.45. The first-order valence-corrected chi connectivity index (χ1v) is 16.3. The molecule has 252 valence electrons. The van der Waals surface area contributed by atoms with Crippen molar-refractivity contribution in [3.63, 3.8) is 0 Å². The Hall–Kier alpha value is -5.80. The summed E-state index contributed by atoms with van der Waals surface area (Å²) in [5.74, 6) is -0.374. The maximum atomic E-state index is 13.6. The third-order valence-electron chi connectivity index (χ3n) is 8.53. The van der Waals surface area contributed by atoms with Crippen molar-refractivity contribution in [1.29, 1.82) is 0 Å². The molecule has 0 saturated heterocycles. The van der Waals surface area contributed by atoms with Crippen LogP contribution in [0.4, 0.5) is 19.0 Å². The van der Waals surface area contributed by atoms with Crippen LogP contribution in [-0.2, 0) is 12.7 Å². The van der Waals surface area contributed by atoms with Crippen LogP contribution in [0.3, 0.4) is 0 Å². The number of rotatable bonds is 11. The van der Waals surface area contributed by atoms with Gasteiger partial charge >= 0.3 is 6.18 Å². The van der Waals surface area contributed by atoms with Crippen molar-refractivity contribution in [3.8, 4) is 11.1 Å². The minimum absolute atomic E-state index is 0.214. The molecule has 1 aromatic heterocycles. The number of nitrogens with one attached hydrogen (secondary N) is 2. The van der Waals surface area contributed by atoms with Gasteiger partial charge < -0.3 is 10.6 Å². The fourth-order valence-electron chi connectivity index (χ4n) is 5.86. The fourth-order valence-corrected chi connectivity index (χ4v) is 5.86. The second-order valence-electron chi connectivity index (χ2n) is 11.9. The Morgan fingerprint density at radius 3 is 2.14 bits per heavy atom. The molecule has 50 heavy (non-hydrogen) atoms. The van der Waals surface area contributed by atoms with Crippen LogP contribution in [-0.4, -0.2) is 34.8 Å². The van der Waals surface area contributed by atoms with E-state index < -0.39 is 17.6 Å². The summed E-state index contributed by atoms with van der Waals surface area (Å²) >= 11 is 0. The van der Waals surface area contributed by atoms with Crippen LogP contribution >= 0.6 is 0 Å². The van der Waals surface area contributed by atoms with E-state index in [1.54, 1.807) is 54.6 Å². The van der Waals surface area contributed by atoms with Gasteiger partial charge in [0, 0.05) is 29.6 Å². The van der Waals surface area contributed by atoms with Gasteiger partial charge in [-0.05, 0) is 77.3 Å². The van der Waals surface area contributed by atoms with Gasteiger partial charge in [0.15, 0.2) is 0 Å². The normalized spacial score (nSPS) is 12.1. The molecule has 2 amide bonds. The maximum Gasteiger partial charge on any atom is 0.416 e. The van der Waals surface area contributed by atoms with E-state index in [4.69, 9.17) is 0 Å². The van der Waals surface area contributed by atoms with Crippen molar-refractivity contribution in [2.75, 3.05) is 18.4 Å². The third-order valence-corrected chi connectivity index (χ3v) is 8.53. The second-order valence-corrected chi connectivity index (χ2v) is 11.9. The van der Waals surface area contributed by atoms with Crippen molar-refractivity contribution in [2.45, 2.75) is 25.7 Å². The molecule has 1 atom stereocenters. The van der Waals surface area contributed by atoms with Crippen molar-refractivity contribution >= 4 is 28.5 Å². The number of fused-ring (bicyclic) bond motifs is 1. The number of alkyl halides is 3. The predicted molar refractivity (Wildman–Crippen MR) is 191 cm³/mol. The smallest absolute Gasteiger partial charge is 0.344 e. The first kappa shape index (κ1) is 34.1. The first-order chi connectivity index (χ1) is 24.2. The summed E-state index contributed by atoms with van der Waals surface area (Å²) in [6, 6.07) is 40.0. The van der Waals surface area contributed by atoms with Crippen molar-refractivity contribution in [1.82, 2.24) is 15.2 Å². The molecule has 6 aromatic rings. The molecular weight excluding hydrogens is 637 g/mol. The summed E-state index contributed by atoms with van der Waals surface area (Å²) in [5.41, 5.74) is 3.77. The van der Waals surface area contributed by atoms with Crippen LogP contribution in [0.2, 0.25) is 0 Å². The molecule has 0 radical (unpaired) electrons. The van der Waals surface area contributed by atoms with E-state index in [1.165, 1.54) is 17.7 Å². The monoisotopic (exact) mass is 672 g/mol. The number of anilines is 1. The largest absolute Gasteiger partial charge is 0.416 e. The average molecular weight is 673 g/mol. The van der Waals surface area contributed by atoms with Crippen LogP contribution < -0.4 is 10.6 Å². The lowest BCUT2D eigenvalue weighted by Gasteiger charge is -2.28. The zero-order valence-electron chi connectivity index (χ0n) is 27.3. The van der Waals surface area contributed by atoms with Gasteiger partial charge in [-0.15, -0.1) is 0 Å². The third kappa shape index (κ3) is 8.25. The fraction of sp³-hybridized carbons (Fsp3) is 0.146. The van der Waals surface area contributed by atoms with Gasteiger partial charge in [0.1, 0.15) is 5.82 Å². The Kier molecular flexibility index (Phi) is 10.3. The minimum Gasteiger partial charge on any atom is -0.344 e. The zero-order chi connectivity index (χ0) is 35.1. The molecule has 0 spiro atoms. The molecule has 0 fully saturated rings. The van der Waals surface area contributed by atoms with Gasteiger partial charge in [-0.3, -0.25) is 14.5 Å². The summed E-state index contributed by atoms with van der Waals surface area (Å²) in [7, 11) is 0. The van der Waals surface area contributed by atoms with E-state index in [9.17, 15) is 22.8 Å². The van der Waals surface area contributed by atoms with Crippen molar-refractivity contribution in [2.24, 2.45) is 0 Å². The number of pyridine rings is 1. The number of likely N-dealkylation sites (N-methyl/N-ethyl adjacent to an activating group) is 1. The Morgan fingerprint density at radius 2 is 1.44 bits per heavy atom. The molecule has 5 aromatic carbocycles. The van der Waals surface area contributed by atoms with Gasteiger partial charge in [0.2, 0.25) is 0 Å². The molecular formula is C41H35F3N4O2. The second kappa shape index (κ2) is 15.2. The zero-order valence-corrected chi connectivity index (χ0v) is 27.3. The highest BCUT2D eigenvalue weighted by atomic mass is 19.4. The molecule has 9 heteroatoms. The quantitative estimate of drug-likeness (QED) is 0.144. The number of hydrogen-bond donors (Lipinski definition) is 2. The summed E-state index contributed by atoms with van der Waals surface area (Å²) in [5, 5.41) is 6.76. The number of halogens is 3. The van der Waals surface area contributed by atoms with E-state index in [-0.39, 0.29) is 11.9 Å². The summed E-state index contributed by atoms with van der Waals surface area (Å²) < 4.78 is 39.2. The number of hydrogen-bond acceptors (Lipinski definition) is 4. The molecule has 0 aliphatic heterocycles. The molecule has 6 nitrogen and oxygen atoms in total. The van der Waals surface area contributed by atoms with Crippen molar-refractivity contribution in [3.05, 3.63) is 167 Å². The van der Waals surface area contributed by atoms with E-state index in [2.05, 4.69) is 39.6 Å². The Morgan fingerprint density at radius 1 is 0.760 bits per heavy atom. The molecule has 0 unspecified atom stereocenters. The van der Waals surface area contributed by atoms with Gasteiger partial charge in [-0.1, -0.05) is 97.9 Å². The summed E-state index contributed by atoms with van der Waals surface area (Å²) in [4.78, 5) is 33.9. The number of benzene rings is 5. The highest BCUT2D eigenvalue weighted by molar-refractivity contribution is 6.08. The number of amides is 2. The topological polar surface area (TPSA) is 74.3 Å². The van der Waals surface area contributed by atoms with E-state index in [0.717, 1.165) is 36.2 Å². The van der Waals surface area contributed by atoms with Crippen molar-refractivity contribution < 1.29 is 22.8 Å². The van der Waals surface area contributed by atoms with Crippen LogP contribution in [0, 0.1) is 0 Å². The van der Waals surface area contributed by atoms with Crippen LogP contribution in [0.1, 0.15) is 50.4 Å². The van der Waals surface area contributed by atoms with Crippen LogP contribution in [0.25, 0.3) is 22.0 Å². The van der Waals surface area contributed by atoms with E-state index >= 15 is 0 Å². The minimum atomic E-state index is -4.45. The van der Waals surface area contributed by atoms with Crippen LogP contribution in [0.5, 0.6) is 0 Å².